The van der Waals surface area contributed by atoms with Crippen molar-refractivity contribution in [3.05, 3.63) is 60.2 Å². The lowest BCUT2D eigenvalue weighted by atomic mass is 10.1. The fourth-order valence-corrected chi connectivity index (χ4v) is 3.19. The highest BCUT2D eigenvalue weighted by molar-refractivity contribution is 14.0. The number of halogens is 2. The molecule has 0 atom stereocenters. The van der Waals surface area contributed by atoms with Gasteiger partial charge in [0.1, 0.15) is 10.7 Å². The molecule has 7 nitrogen and oxygen atoms in total. The summed E-state index contributed by atoms with van der Waals surface area (Å²) >= 11 is 0. The van der Waals surface area contributed by atoms with Crippen molar-refractivity contribution in [3.8, 4) is 0 Å². The highest BCUT2D eigenvalue weighted by Crippen LogP contribution is 2.06. The molecule has 0 fully saturated rings. The van der Waals surface area contributed by atoms with Crippen molar-refractivity contribution >= 4 is 40.0 Å². The van der Waals surface area contributed by atoms with Crippen LogP contribution in [0, 0.1) is 5.82 Å². The molecule has 10 heteroatoms. The Morgan fingerprint density at radius 3 is 2.52 bits per heavy atom. The first-order chi connectivity index (χ1) is 12.5. The van der Waals surface area contributed by atoms with E-state index in [4.69, 9.17) is 0 Å². The van der Waals surface area contributed by atoms with Crippen LogP contribution in [-0.2, 0) is 16.4 Å². The third-order valence-corrected chi connectivity index (χ3v) is 4.97. The number of sulfonamides is 1. The largest absolute Gasteiger partial charge is 0.356 e. The van der Waals surface area contributed by atoms with Gasteiger partial charge in [0.05, 0.1) is 0 Å². The molecule has 27 heavy (non-hydrogen) atoms. The number of nitrogens with one attached hydrogen (secondary N) is 3. The second-order valence-electron chi connectivity index (χ2n) is 5.35. The molecule has 1 aromatic heterocycles. The number of pyridine rings is 1. The molecule has 0 amide bonds. The van der Waals surface area contributed by atoms with E-state index in [-0.39, 0.29) is 41.2 Å². The molecule has 1 heterocycles. The maximum atomic E-state index is 13.6. The van der Waals surface area contributed by atoms with Crippen LogP contribution in [0.5, 0.6) is 0 Å². The minimum atomic E-state index is -3.58. The van der Waals surface area contributed by atoms with Gasteiger partial charge in [0, 0.05) is 39.1 Å². The Morgan fingerprint density at radius 2 is 1.85 bits per heavy atom. The first-order valence-corrected chi connectivity index (χ1v) is 9.59. The predicted molar refractivity (Wildman–Crippen MR) is 114 cm³/mol. The van der Waals surface area contributed by atoms with Gasteiger partial charge in [-0.1, -0.05) is 18.2 Å². The standard InChI is InChI=1S/C17H22FN5O2S.HI/c1-19-17(21-10-8-14-5-2-3-7-16(14)18)22-11-12-23-26(24,25)15-6-4-9-20-13-15;/h2-7,9,13,23H,8,10-12H2,1H3,(H2,19,21,22);1H. The van der Waals surface area contributed by atoms with E-state index in [1.807, 2.05) is 0 Å². The van der Waals surface area contributed by atoms with Gasteiger partial charge in [-0.2, -0.15) is 0 Å². The zero-order valence-electron chi connectivity index (χ0n) is 14.9. The first kappa shape index (κ1) is 23.2. The second kappa shape index (κ2) is 11.8. The van der Waals surface area contributed by atoms with E-state index < -0.39 is 10.0 Å². The van der Waals surface area contributed by atoms with Gasteiger partial charge < -0.3 is 10.6 Å². The Balaban J connectivity index is 0.00000364. The van der Waals surface area contributed by atoms with Crippen molar-refractivity contribution in [2.45, 2.75) is 11.3 Å². The molecule has 0 radical (unpaired) electrons. The lowest BCUT2D eigenvalue weighted by Gasteiger charge is -2.12. The van der Waals surface area contributed by atoms with E-state index >= 15 is 0 Å². The smallest absolute Gasteiger partial charge is 0.242 e. The molecule has 2 aromatic rings. The van der Waals surface area contributed by atoms with Gasteiger partial charge in [-0.3, -0.25) is 9.98 Å². The molecule has 0 aliphatic heterocycles. The summed E-state index contributed by atoms with van der Waals surface area (Å²) < 4.78 is 40.1. The average Bonchev–Trinajstić information content (AvgIpc) is 2.66. The maximum absolute atomic E-state index is 13.6. The number of hydrogen-bond donors (Lipinski definition) is 3. The number of hydrogen-bond acceptors (Lipinski definition) is 4. The number of rotatable bonds is 8. The predicted octanol–water partition coefficient (Wildman–Crippen LogP) is 1.52. The Bertz CT molecular complexity index is 834. The minimum absolute atomic E-state index is 0. The lowest BCUT2D eigenvalue weighted by molar-refractivity contribution is 0.580. The van der Waals surface area contributed by atoms with Gasteiger partial charge in [0.25, 0.3) is 0 Å². The molecule has 0 saturated heterocycles. The molecule has 0 aliphatic carbocycles. The number of nitrogens with zero attached hydrogens (tertiary/aromatic N) is 2. The topological polar surface area (TPSA) is 95.5 Å². The molecule has 0 saturated carbocycles. The molecule has 1 aromatic carbocycles. The monoisotopic (exact) mass is 507 g/mol. The first-order valence-electron chi connectivity index (χ1n) is 8.10. The molecular weight excluding hydrogens is 484 g/mol. The highest BCUT2D eigenvalue weighted by Gasteiger charge is 2.12. The van der Waals surface area contributed by atoms with Crippen LogP contribution in [0.2, 0.25) is 0 Å². The zero-order valence-corrected chi connectivity index (χ0v) is 18.0. The summed E-state index contributed by atoms with van der Waals surface area (Å²) in [4.78, 5) is 7.96. The number of guanidine groups is 1. The highest BCUT2D eigenvalue weighted by atomic mass is 127. The molecular formula is C17H23FIN5O2S. The molecule has 148 valence electrons. The summed E-state index contributed by atoms with van der Waals surface area (Å²) in [7, 11) is -1.97. The summed E-state index contributed by atoms with van der Waals surface area (Å²) in [6.07, 6.45) is 3.32. The fourth-order valence-electron chi connectivity index (χ4n) is 2.19. The van der Waals surface area contributed by atoms with Crippen LogP contribution in [0.25, 0.3) is 0 Å². The van der Waals surface area contributed by atoms with E-state index in [0.717, 1.165) is 0 Å². The van der Waals surface area contributed by atoms with Crippen LogP contribution in [0.3, 0.4) is 0 Å². The van der Waals surface area contributed by atoms with Crippen LogP contribution < -0.4 is 15.4 Å². The fraction of sp³-hybridized carbons (Fsp3) is 0.294. The number of aromatic nitrogens is 1. The van der Waals surface area contributed by atoms with Gasteiger partial charge in [-0.15, -0.1) is 24.0 Å². The van der Waals surface area contributed by atoms with E-state index in [1.54, 1.807) is 31.3 Å². The molecule has 3 N–H and O–H groups in total. The quantitative estimate of drug-likeness (QED) is 0.218. The third-order valence-electron chi connectivity index (χ3n) is 3.52. The van der Waals surface area contributed by atoms with E-state index in [0.29, 0.717) is 31.0 Å². The van der Waals surface area contributed by atoms with E-state index in [9.17, 15) is 12.8 Å². The van der Waals surface area contributed by atoms with Crippen LogP contribution in [0.15, 0.2) is 58.7 Å². The molecule has 0 spiro atoms. The molecule has 0 aliphatic rings. The lowest BCUT2D eigenvalue weighted by Crippen LogP contribution is -2.42. The van der Waals surface area contributed by atoms with Crippen LogP contribution >= 0.6 is 24.0 Å². The maximum Gasteiger partial charge on any atom is 0.242 e. The molecule has 2 rings (SSSR count). The van der Waals surface area contributed by atoms with Crippen molar-refractivity contribution in [1.29, 1.82) is 0 Å². The Morgan fingerprint density at radius 1 is 1.11 bits per heavy atom. The van der Waals surface area contributed by atoms with Gasteiger partial charge in [0.15, 0.2) is 5.96 Å². The van der Waals surface area contributed by atoms with Crippen molar-refractivity contribution < 1.29 is 12.8 Å². The summed E-state index contributed by atoms with van der Waals surface area (Å²) in [5.74, 6) is 0.281. The summed E-state index contributed by atoms with van der Waals surface area (Å²) in [6.45, 7) is 1.03. The Labute approximate surface area is 176 Å². The van der Waals surface area contributed by atoms with Crippen molar-refractivity contribution in [2.24, 2.45) is 4.99 Å². The number of aliphatic imine (C=N–C) groups is 1. The summed E-state index contributed by atoms with van der Waals surface area (Å²) in [5.41, 5.74) is 0.625. The summed E-state index contributed by atoms with van der Waals surface area (Å²) in [6, 6.07) is 9.65. The van der Waals surface area contributed by atoms with Gasteiger partial charge >= 0.3 is 0 Å². The summed E-state index contributed by atoms with van der Waals surface area (Å²) in [5, 5.41) is 6.06. The van der Waals surface area contributed by atoms with Crippen LogP contribution in [-0.4, -0.2) is 46.0 Å². The van der Waals surface area contributed by atoms with Crippen molar-refractivity contribution in [1.82, 2.24) is 20.3 Å². The van der Waals surface area contributed by atoms with Gasteiger partial charge in [-0.25, -0.2) is 17.5 Å². The van der Waals surface area contributed by atoms with E-state index in [1.165, 1.54) is 24.5 Å². The zero-order chi connectivity index (χ0) is 18.8. The van der Waals surface area contributed by atoms with Crippen molar-refractivity contribution in [3.63, 3.8) is 0 Å². The number of benzene rings is 1. The minimum Gasteiger partial charge on any atom is -0.356 e. The van der Waals surface area contributed by atoms with Crippen molar-refractivity contribution in [2.75, 3.05) is 26.7 Å². The van der Waals surface area contributed by atoms with E-state index in [2.05, 4.69) is 25.3 Å². The SMILES string of the molecule is CN=C(NCCNS(=O)(=O)c1cccnc1)NCCc1ccccc1F.I. The Kier molecular flexibility index (Phi) is 10.2. The second-order valence-corrected chi connectivity index (χ2v) is 7.12. The van der Waals surface area contributed by atoms with Gasteiger partial charge in [-0.05, 0) is 30.2 Å². The van der Waals surface area contributed by atoms with Crippen LogP contribution in [0.4, 0.5) is 4.39 Å². The Hall–Kier alpha value is -1.79. The molecule has 0 bridgehead atoms. The normalized spacial score (nSPS) is 11.6. The van der Waals surface area contributed by atoms with Crippen LogP contribution in [0.1, 0.15) is 5.56 Å². The average molecular weight is 507 g/mol. The van der Waals surface area contributed by atoms with Gasteiger partial charge in [0.2, 0.25) is 10.0 Å². The third kappa shape index (κ3) is 7.77. The molecule has 0 unspecified atom stereocenters.